The van der Waals surface area contributed by atoms with E-state index in [2.05, 4.69) is 30.0 Å². The van der Waals surface area contributed by atoms with E-state index in [4.69, 9.17) is 18.9 Å². The maximum Gasteiger partial charge on any atom is 0.203 e. The molecule has 27 heavy (non-hydrogen) atoms. The fraction of sp³-hybridized carbons (Fsp3) is 0.545. The second kappa shape index (κ2) is 5.76. The maximum absolute atomic E-state index is 6.58. The Labute approximate surface area is 160 Å². The van der Waals surface area contributed by atoms with Gasteiger partial charge in [-0.1, -0.05) is 19.1 Å². The highest BCUT2D eigenvalue weighted by atomic mass is 16.5. The van der Waals surface area contributed by atoms with Crippen LogP contribution in [0.25, 0.3) is 10.8 Å². The normalized spacial score (nSPS) is 33.6. The van der Waals surface area contributed by atoms with E-state index >= 15 is 0 Å². The zero-order chi connectivity index (χ0) is 18.8. The van der Waals surface area contributed by atoms with Crippen molar-refractivity contribution >= 4 is 10.8 Å². The lowest BCUT2D eigenvalue weighted by atomic mass is 9.99. The largest absolute Gasteiger partial charge is 0.493 e. The molecule has 2 aliphatic heterocycles. The van der Waals surface area contributed by atoms with Crippen molar-refractivity contribution in [1.29, 1.82) is 0 Å². The molecule has 3 aliphatic rings. The molecule has 2 aromatic rings. The predicted octanol–water partition coefficient (Wildman–Crippen LogP) is 3.58. The van der Waals surface area contributed by atoms with Crippen molar-refractivity contribution < 1.29 is 18.9 Å². The van der Waals surface area contributed by atoms with Gasteiger partial charge in [0.1, 0.15) is 0 Å². The zero-order valence-electron chi connectivity index (χ0n) is 16.5. The van der Waals surface area contributed by atoms with Crippen LogP contribution in [0.2, 0.25) is 0 Å². The first kappa shape index (κ1) is 17.1. The van der Waals surface area contributed by atoms with Gasteiger partial charge >= 0.3 is 0 Å². The number of hydrogen-bond acceptors (Lipinski definition) is 5. The third-order valence-corrected chi connectivity index (χ3v) is 6.93. The van der Waals surface area contributed by atoms with Crippen LogP contribution in [0, 0.1) is 5.92 Å². The molecule has 0 aromatic heterocycles. The number of benzene rings is 2. The number of hydrogen-bond donors (Lipinski definition) is 0. The SMILES string of the molecule is CCC12COC3(c4ccc5c(OC)c(OC)c(OC)cc5c4)CC3CN1C2. The van der Waals surface area contributed by atoms with Gasteiger partial charge in [0.25, 0.3) is 0 Å². The molecule has 144 valence electrons. The van der Waals surface area contributed by atoms with E-state index in [1.807, 2.05) is 6.07 Å². The van der Waals surface area contributed by atoms with Gasteiger partial charge in [-0.15, -0.1) is 0 Å². The molecular formula is C22H27NO4. The lowest BCUT2D eigenvalue weighted by Gasteiger charge is -2.21. The van der Waals surface area contributed by atoms with Crippen LogP contribution in [0.3, 0.4) is 0 Å². The number of nitrogens with zero attached hydrogens (tertiary/aromatic N) is 1. The molecule has 0 bridgehead atoms. The standard InChI is InChI=1S/C22H27NO4/c1-5-21-12-23(21)11-16-10-22(16,27-13-21)15-6-7-17-14(8-15)9-18(24-2)20(26-4)19(17)25-3/h6-9,16H,5,10-13H2,1-4H3. The van der Waals surface area contributed by atoms with Crippen LogP contribution in [0.1, 0.15) is 25.3 Å². The van der Waals surface area contributed by atoms with Crippen molar-refractivity contribution in [3.63, 3.8) is 0 Å². The van der Waals surface area contributed by atoms with Crippen LogP contribution in [0.4, 0.5) is 0 Å². The van der Waals surface area contributed by atoms with E-state index in [-0.39, 0.29) is 5.60 Å². The average Bonchev–Trinajstić information content (AvgIpc) is 3.58. The Hall–Kier alpha value is -1.98. The van der Waals surface area contributed by atoms with Gasteiger partial charge in [-0.3, -0.25) is 4.90 Å². The number of fused-ring (bicyclic) bond motifs is 3. The Balaban J connectivity index is 1.56. The van der Waals surface area contributed by atoms with E-state index in [9.17, 15) is 0 Å². The van der Waals surface area contributed by atoms with Gasteiger partial charge < -0.3 is 18.9 Å². The Kier molecular flexibility index (Phi) is 3.66. The second-order valence-corrected chi connectivity index (χ2v) is 8.12. The minimum atomic E-state index is -0.121. The Morgan fingerprint density at radius 1 is 1.11 bits per heavy atom. The number of ether oxygens (including phenoxy) is 4. The highest BCUT2D eigenvalue weighted by Gasteiger charge is 2.65. The van der Waals surface area contributed by atoms with Crippen LogP contribution < -0.4 is 14.2 Å². The first-order valence-electron chi connectivity index (χ1n) is 9.73. The quantitative estimate of drug-likeness (QED) is 0.754. The maximum atomic E-state index is 6.58. The zero-order valence-corrected chi connectivity index (χ0v) is 16.5. The van der Waals surface area contributed by atoms with Gasteiger partial charge in [-0.2, -0.15) is 0 Å². The van der Waals surface area contributed by atoms with Gasteiger partial charge in [0.05, 0.1) is 39.1 Å². The average molecular weight is 369 g/mol. The topological polar surface area (TPSA) is 39.9 Å². The molecule has 0 radical (unpaired) electrons. The molecule has 3 fully saturated rings. The van der Waals surface area contributed by atoms with Gasteiger partial charge in [0, 0.05) is 24.4 Å². The summed E-state index contributed by atoms with van der Waals surface area (Å²) in [6.07, 6.45) is 2.28. The monoisotopic (exact) mass is 369 g/mol. The summed E-state index contributed by atoms with van der Waals surface area (Å²) >= 11 is 0. The summed E-state index contributed by atoms with van der Waals surface area (Å²) in [5.74, 6) is 2.62. The van der Waals surface area contributed by atoms with Crippen LogP contribution in [-0.2, 0) is 10.3 Å². The van der Waals surface area contributed by atoms with E-state index in [1.165, 1.54) is 18.5 Å². The molecule has 1 saturated carbocycles. The highest BCUT2D eigenvalue weighted by molar-refractivity contribution is 5.93. The van der Waals surface area contributed by atoms with E-state index in [0.29, 0.717) is 28.7 Å². The molecule has 5 rings (SSSR count). The Bertz CT molecular complexity index is 913. The van der Waals surface area contributed by atoms with Gasteiger partial charge in [0.2, 0.25) is 5.75 Å². The van der Waals surface area contributed by atoms with Crippen molar-refractivity contribution in [3.05, 3.63) is 29.8 Å². The molecule has 4 unspecified atom stereocenters. The van der Waals surface area contributed by atoms with Crippen molar-refractivity contribution in [2.24, 2.45) is 5.92 Å². The van der Waals surface area contributed by atoms with E-state index in [0.717, 1.165) is 30.3 Å². The minimum absolute atomic E-state index is 0.121. The molecule has 1 aliphatic carbocycles. The molecule has 0 N–H and O–H groups in total. The fourth-order valence-electron chi connectivity index (χ4n) is 4.96. The van der Waals surface area contributed by atoms with Gasteiger partial charge in [-0.25, -0.2) is 0 Å². The number of rotatable bonds is 5. The molecule has 5 heteroatoms. The molecule has 2 aromatic carbocycles. The summed E-state index contributed by atoms with van der Waals surface area (Å²) in [6, 6.07) is 8.59. The summed E-state index contributed by atoms with van der Waals surface area (Å²) in [5.41, 5.74) is 1.45. The first-order valence-corrected chi connectivity index (χ1v) is 9.73. The van der Waals surface area contributed by atoms with E-state index < -0.39 is 0 Å². The lowest BCUT2D eigenvalue weighted by molar-refractivity contribution is 0.0107. The summed E-state index contributed by atoms with van der Waals surface area (Å²) < 4.78 is 23.3. The molecule has 0 amide bonds. The third-order valence-electron chi connectivity index (χ3n) is 6.93. The van der Waals surface area contributed by atoms with Crippen molar-refractivity contribution in [3.8, 4) is 17.2 Å². The fourth-order valence-corrected chi connectivity index (χ4v) is 4.96. The van der Waals surface area contributed by atoms with Crippen LogP contribution >= 0.6 is 0 Å². The molecule has 4 atom stereocenters. The molecule has 2 saturated heterocycles. The van der Waals surface area contributed by atoms with Crippen LogP contribution in [-0.4, -0.2) is 51.5 Å². The van der Waals surface area contributed by atoms with Gasteiger partial charge in [0.15, 0.2) is 11.5 Å². The van der Waals surface area contributed by atoms with Crippen molar-refractivity contribution in [1.82, 2.24) is 4.90 Å². The third kappa shape index (κ3) is 2.31. The van der Waals surface area contributed by atoms with Crippen molar-refractivity contribution in [2.75, 3.05) is 41.0 Å². The number of methoxy groups -OCH3 is 3. The van der Waals surface area contributed by atoms with Crippen LogP contribution in [0.5, 0.6) is 17.2 Å². The summed E-state index contributed by atoms with van der Waals surface area (Å²) in [6.45, 7) is 5.46. The Morgan fingerprint density at radius 2 is 1.93 bits per heavy atom. The Morgan fingerprint density at radius 3 is 2.63 bits per heavy atom. The van der Waals surface area contributed by atoms with Crippen LogP contribution in [0.15, 0.2) is 24.3 Å². The predicted molar refractivity (Wildman–Crippen MR) is 104 cm³/mol. The van der Waals surface area contributed by atoms with Crippen molar-refractivity contribution in [2.45, 2.75) is 30.9 Å². The molecule has 2 heterocycles. The summed E-state index contributed by atoms with van der Waals surface area (Å²) in [7, 11) is 4.96. The molecular weight excluding hydrogens is 342 g/mol. The van der Waals surface area contributed by atoms with Gasteiger partial charge in [-0.05, 0) is 35.9 Å². The molecule has 0 spiro atoms. The summed E-state index contributed by atoms with van der Waals surface area (Å²) in [5, 5.41) is 2.11. The lowest BCUT2D eigenvalue weighted by Crippen LogP contribution is -2.25. The van der Waals surface area contributed by atoms with E-state index in [1.54, 1.807) is 21.3 Å². The molecule has 5 nitrogen and oxygen atoms in total. The first-order chi connectivity index (χ1) is 13.1. The highest BCUT2D eigenvalue weighted by Crippen LogP contribution is 2.61. The summed E-state index contributed by atoms with van der Waals surface area (Å²) in [4.78, 5) is 2.60. The smallest absolute Gasteiger partial charge is 0.203 e. The second-order valence-electron chi connectivity index (χ2n) is 8.12. The minimum Gasteiger partial charge on any atom is -0.493 e.